The number of hydrogen-bond acceptors (Lipinski definition) is 3. The maximum Gasteiger partial charge on any atom is 0.265 e. The van der Waals surface area contributed by atoms with Crippen LogP contribution >= 0.6 is 11.6 Å². The average Bonchev–Trinajstić information content (AvgIpc) is 2.26. The van der Waals surface area contributed by atoms with Crippen molar-refractivity contribution >= 4 is 17.9 Å². The van der Waals surface area contributed by atoms with Gasteiger partial charge < -0.3 is 4.74 Å². The van der Waals surface area contributed by atoms with Crippen LogP contribution in [0.1, 0.15) is 28.2 Å². The number of rotatable bonds is 4. The third-order valence-electron chi connectivity index (χ3n) is 1.82. The van der Waals surface area contributed by atoms with Crippen LogP contribution in [0.3, 0.4) is 0 Å². The molecule has 0 atom stereocenters. The second-order valence-electron chi connectivity index (χ2n) is 2.66. The Hall–Kier alpha value is -1.23. The number of alkyl halides is 3. The second-order valence-corrected chi connectivity index (χ2v) is 2.93. The number of nitrogens with zero attached hydrogens (tertiary/aromatic N) is 1. The molecule has 1 heterocycles. The molecule has 0 saturated carbocycles. The lowest BCUT2D eigenvalue weighted by Crippen LogP contribution is -2.03. The number of aldehydes is 1. The van der Waals surface area contributed by atoms with Crippen molar-refractivity contribution in [3.63, 3.8) is 0 Å². The first kappa shape index (κ1) is 11.8. The first-order chi connectivity index (χ1) is 7.13. The summed E-state index contributed by atoms with van der Waals surface area (Å²) in [5.41, 5.74) is -0.348. The van der Waals surface area contributed by atoms with Gasteiger partial charge in [0.05, 0.1) is 18.7 Å². The fourth-order valence-corrected chi connectivity index (χ4v) is 1.32. The molecule has 0 aliphatic heterocycles. The van der Waals surface area contributed by atoms with Crippen LogP contribution in [0.2, 0.25) is 0 Å². The van der Waals surface area contributed by atoms with Crippen molar-refractivity contribution in [1.82, 2.24) is 4.98 Å². The minimum absolute atomic E-state index is 0.00503. The summed E-state index contributed by atoms with van der Waals surface area (Å²) in [6.07, 6.45) is -2.26. The zero-order valence-corrected chi connectivity index (χ0v) is 8.59. The highest BCUT2D eigenvalue weighted by Crippen LogP contribution is 2.28. The van der Waals surface area contributed by atoms with Gasteiger partial charge in [-0.25, -0.2) is 13.8 Å². The third-order valence-corrected chi connectivity index (χ3v) is 2.07. The van der Waals surface area contributed by atoms with Gasteiger partial charge in [0.25, 0.3) is 6.43 Å². The number of ether oxygens (including phenoxy) is 1. The summed E-state index contributed by atoms with van der Waals surface area (Å²) in [6, 6.07) is 1.08. The number of methoxy groups -OCH3 is 1. The van der Waals surface area contributed by atoms with Crippen LogP contribution in [-0.2, 0) is 5.88 Å². The lowest BCUT2D eigenvalue weighted by Gasteiger charge is -2.09. The molecule has 1 rings (SSSR count). The van der Waals surface area contributed by atoms with Gasteiger partial charge in [-0.15, -0.1) is 11.6 Å². The summed E-state index contributed by atoms with van der Waals surface area (Å²) in [7, 11) is 1.28. The maximum atomic E-state index is 12.5. The molecule has 1 aromatic heterocycles. The molecule has 0 N–H and O–H groups in total. The van der Waals surface area contributed by atoms with E-state index in [1.807, 2.05) is 0 Å². The molecule has 0 radical (unpaired) electrons. The van der Waals surface area contributed by atoms with Gasteiger partial charge in [0.2, 0.25) is 0 Å². The van der Waals surface area contributed by atoms with E-state index < -0.39 is 6.43 Å². The molecule has 15 heavy (non-hydrogen) atoms. The molecule has 3 nitrogen and oxygen atoms in total. The van der Waals surface area contributed by atoms with E-state index in [-0.39, 0.29) is 28.6 Å². The number of pyridine rings is 1. The van der Waals surface area contributed by atoms with Gasteiger partial charge in [0, 0.05) is 5.56 Å². The number of aromatic nitrogens is 1. The van der Waals surface area contributed by atoms with Crippen LogP contribution in [0.15, 0.2) is 6.07 Å². The maximum absolute atomic E-state index is 12.5. The van der Waals surface area contributed by atoms with Gasteiger partial charge in [0.1, 0.15) is 11.4 Å². The lowest BCUT2D eigenvalue weighted by molar-refractivity contribution is 0.111. The molecule has 1 aromatic rings. The summed E-state index contributed by atoms with van der Waals surface area (Å²) in [6.45, 7) is 0. The Kier molecular flexibility index (Phi) is 3.96. The first-order valence-electron chi connectivity index (χ1n) is 4.01. The molecule has 0 aliphatic carbocycles. The smallest absolute Gasteiger partial charge is 0.265 e. The molecule has 0 aromatic carbocycles. The van der Waals surface area contributed by atoms with Crippen LogP contribution in [0.5, 0.6) is 5.75 Å². The van der Waals surface area contributed by atoms with E-state index in [9.17, 15) is 13.6 Å². The molecule has 0 bridgehead atoms. The SMILES string of the molecule is COc1cc(C(F)F)c(CCl)nc1C=O. The summed E-state index contributed by atoms with van der Waals surface area (Å²) in [5, 5.41) is 0. The molecule has 0 aliphatic rings. The quantitative estimate of drug-likeness (QED) is 0.595. The average molecular weight is 236 g/mol. The molecule has 0 amide bonds. The molecule has 0 unspecified atom stereocenters. The first-order valence-corrected chi connectivity index (χ1v) is 4.54. The van der Waals surface area contributed by atoms with E-state index in [1.165, 1.54) is 7.11 Å². The van der Waals surface area contributed by atoms with E-state index >= 15 is 0 Å². The van der Waals surface area contributed by atoms with Gasteiger partial charge in [0.15, 0.2) is 6.29 Å². The topological polar surface area (TPSA) is 39.2 Å². The number of carbonyl (C=O) groups is 1. The summed E-state index contributed by atoms with van der Waals surface area (Å²) in [4.78, 5) is 14.3. The van der Waals surface area contributed by atoms with Crippen molar-refractivity contribution in [2.75, 3.05) is 7.11 Å². The van der Waals surface area contributed by atoms with Gasteiger partial charge in [-0.05, 0) is 6.07 Å². The Morgan fingerprint density at radius 1 is 1.67 bits per heavy atom. The van der Waals surface area contributed by atoms with Gasteiger partial charge in [-0.3, -0.25) is 4.79 Å². The van der Waals surface area contributed by atoms with Crippen LogP contribution in [0.25, 0.3) is 0 Å². The Bertz CT molecular complexity index is 371. The zero-order chi connectivity index (χ0) is 11.4. The van der Waals surface area contributed by atoms with E-state index in [4.69, 9.17) is 16.3 Å². The number of carbonyl (C=O) groups excluding carboxylic acids is 1. The summed E-state index contributed by atoms with van der Waals surface area (Å²) >= 11 is 5.45. The van der Waals surface area contributed by atoms with E-state index in [1.54, 1.807) is 0 Å². The highest BCUT2D eigenvalue weighted by molar-refractivity contribution is 6.17. The Balaban J connectivity index is 3.33. The summed E-state index contributed by atoms with van der Waals surface area (Å²) in [5.74, 6) is -0.154. The van der Waals surface area contributed by atoms with Crippen molar-refractivity contribution in [3.8, 4) is 5.75 Å². The minimum Gasteiger partial charge on any atom is -0.494 e. The van der Waals surface area contributed by atoms with Crippen LogP contribution in [0.4, 0.5) is 8.78 Å². The number of halogens is 3. The Morgan fingerprint density at radius 2 is 2.33 bits per heavy atom. The standard InChI is InChI=1S/C9H8ClF2NO2/c1-15-8-2-5(9(11)12)6(3-10)13-7(8)4-14/h2,4,9H,3H2,1H3. The Morgan fingerprint density at radius 3 is 2.73 bits per heavy atom. The fraction of sp³-hybridized carbons (Fsp3) is 0.333. The van der Waals surface area contributed by atoms with Crippen molar-refractivity contribution < 1.29 is 18.3 Å². The summed E-state index contributed by atoms with van der Waals surface area (Å²) < 4.78 is 29.8. The van der Waals surface area contributed by atoms with E-state index in [2.05, 4.69) is 4.98 Å². The van der Waals surface area contributed by atoms with Crippen molar-refractivity contribution in [2.24, 2.45) is 0 Å². The fourth-order valence-electron chi connectivity index (χ4n) is 1.11. The molecule has 0 saturated heterocycles. The zero-order valence-electron chi connectivity index (χ0n) is 7.84. The molecule has 82 valence electrons. The predicted molar refractivity (Wildman–Crippen MR) is 50.7 cm³/mol. The second kappa shape index (κ2) is 5.02. The molecule has 0 fully saturated rings. The van der Waals surface area contributed by atoms with E-state index in [0.29, 0.717) is 6.29 Å². The molecular weight excluding hydrogens is 228 g/mol. The molecular formula is C9H8ClF2NO2. The van der Waals surface area contributed by atoms with Gasteiger partial charge in [-0.2, -0.15) is 0 Å². The predicted octanol–water partition coefficient (Wildman–Crippen LogP) is 2.58. The van der Waals surface area contributed by atoms with Gasteiger partial charge in [-0.1, -0.05) is 0 Å². The monoisotopic (exact) mass is 235 g/mol. The third kappa shape index (κ3) is 2.41. The van der Waals surface area contributed by atoms with E-state index in [0.717, 1.165) is 6.07 Å². The highest BCUT2D eigenvalue weighted by atomic mass is 35.5. The minimum atomic E-state index is -2.69. The largest absolute Gasteiger partial charge is 0.494 e. The van der Waals surface area contributed by atoms with Crippen molar-refractivity contribution in [2.45, 2.75) is 12.3 Å². The normalized spacial score (nSPS) is 10.5. The molecule has 0 spiro atoms. The van der Waals surface area contributed by atoms with Crippen molar-refractivity contribution in [1.29, 1.82) is 0 Å². The number of hydrogen-bond donors (Lipinski definition) is 0. The molecule has 6 heteroatoms. The highest BCUT2D eigenvalue weighted by Gasteiger charge is 2.17. The van der Waals surface area contributed by atoms with Crippen LogP contribution < -0.4 is 4.74 Å². The van der Waals surface area contributed by atoms with Crippen LogP contribution in [-0.4, -0.2) is 18.4 Å². The lowest BCUT2D eigenvalue weighted by atomic mass is 10.2. The van der Waals surface area contributed by atoms with Crippen LogP contribution in [0, 0.1) is 0 Å². The van der Waals surface area contributed by atoms with Gasteiger partial charge >= 0.3 is 0 Å². The Labute approximate surface area is 90.0 Å². The van der Waals surface area contributed by atoms with Crippen molar-refractivity contribution in [3.05, 3.63) is 23.0 Å².